The van der Waals surface area contributed by atoms with E-state index in [1.165, 1.54) is 12.1 Å². The standard InChI is InChI=1S/C12H14F3N3O/c13-12(14,15)7-18(10-5-6-10)11(19)8-1-3-9(17-16)4-2-8/h1-4,10,17H,5-7,16H2. The van der Waals surface area contributed by atoms with Gasteiger partial charge in [0.2, 0.25) is 0 Å². The van der Waals surface area contributed by atoms with Crippen molar-refractivity contribution in [2.24, 2.45) is 5.84 Å². The summed E-state index contributed by atoms with van der Waals surface area (Å²) in [5, 5.41) is 0. The zero-order valence-corrected chi connectivity index (χ0v) is 10.1. The number of nitrogens with one attached hydrogen (secondary N) is 1. The monoisotopic (exact) mass is 273 g/mol. The second kappa shape index (κ2) is 5.08. The van der Waals surface area contributed by atoms with E-state index in [2.05, 4.69) is 5.43 Å². The molecule has 0 unspecified atom stereocenters. The molecule has 1 aromatic carbocycles. The van der Waals surface area contributed by atoms with Crippen LogP contribution in [0.25, 0.3) is 0 Å². The highest BCUT2D eigenvalue weighted by molar-refractivity contribution is 5.95. The Bertz CT molecular complexity index is 454. The molecule has 0 aliphatic heterocycles. The highest BCUT2D eigenvalue weighted by atomic mass is 19.4. The largest absolute Gasteiger partial charge is 0.406 e. The Hall–Kier alpha value is -1.76. The van der Waals surface area contributed by atoms with E-state index < -0.39 is 18.6 Å². The van der Waals surface area contributed by atoms with Gasteiger partial charge in [-0.15, -0.1) is 0 Å². The van der Waals surface area contributed by atoms with Crippen molar-refractivity contribution < 1.29 is 18.0 Å². The summed E-state index contributed by atoms with van der Waals surface area (Å²) < 4.78 is 37.4. The number of benzene rings is 1. The third-order valence-electron chi connectivity index (χ3n) is 2.90. The molecular weight excluding hydrogens is 259 g/mol. The number of hydrogen-bond donors (Lipinski definition) is 2. The first-order valence-electron chi connectivity index (χ1n) is 5.85. The fraction of sp³-hybridized carbons (Fsp3) is 0.417. The van der Waals surface area contributed by atoms with Gasteiger partial charge in [-0.1, -0.05) is 0 Å². The smallest absolute Gasteiger partial charge is 0.327 e. The number of hydrogen-bond acceptors (Lipinski definition) is 3. The molecule has 0 bridgehead atoms. The van der Waals surface area contributed by atoms with Crippen molar-refractivity contribution in [3.63, 3.8) is 0 Å². The zero-order chi connectivity index (χ0) is 14.0. The third-order valence-corrected chi connectivity index (χ3v) is 2.90. The van der Waals surface area contributed by atoms with Gasteiger partial charge >= 0.3 is 6.18 Å². The van der Waals surface area contributed by atoms with Crippen molar-refractivity contribution >= 4 is 11.6 Å². The highest BCUT2D eigenvalue weighted by Crippen LogP contribution is 2.31. The Balaban J connectivity index is 2.14. The fourth-order valence-electron chi connectivity index (χ4n) is 1.82. The van der Waals surface area contributed by atoms with Crippen molar-refractivity contribution in [2.75, 3.05) is 12.0 Å². The van der Waals surface area contributed by atoms with E-state index in [0.717, 1.165) is 4.90 Å². The average molecular weight is 273 g/mol. The molecule has 1 amide bonds. The SMILES string of the molecule is NNc1ccc(C(=O)N(CC(F)(F)F)C2CC2)cc1. The van der Waals surface area contributed by atoms with E-state index in [1.54, 1.807) is 12.1 Å². The Morgan fingerprint density at radius 2 is 1.89 bits per heavy atom. The van der Waals surface area contributed by atoms with Crippen LogP contribution in [0.5, 0.6) is 0 Å². The number of nitrogens with zero attached hydrogens (tertiary/aromatic N) is 1. The fourth-order valence-corrected chi connectivity index (χ4v) is 1.82. The Labute approximate surface area is 108 Å². The minimum absolute atomic E-state index is 0.232. The summed E-state index contributed by atoms with van der Waals surface area (Å²) in [4.78, 5) is 13.0. The van der Waals surface area contributed by atoms with Crippen LogP contribution < -0.4 is 11.3 Å². The van der Waals surface area contributed by atoms with Crippen molar-refractivity contribution in [2.45, 2.75) is 25.1 Å². The normalized spacial score (nSPS) is 15.2. The minimum atomic E-state index is -4.38. The summed E-state index contributed by atoms with van der Waals surface area (Å²) in [6.45, 7) is -1.20. The number of rotatable bonds is 4. The molecule has 1 saturated carbocycles. The average Bonchev–Trinajstić information content (AvgIpc) is 3.18. The van der Waals surface area contributed by atoms with Crippen LogP contribution in [0.4, 0.5) is 18.9 Å². The van der Waals surface area contributed by atoms with Crippen LogP contribution in [0.2, 0.25) is 0 Å². The van der Waals surface area contributed by atoms with E-state index in [0.29, 0.717) is 18.5 Å². The molecule has 2 rings (SSSR count). The van der Waals surface area contributed by atoms with Gasteiger partial charge in [0.25, 0.3) is 5.91 Å². The minimum Gasteiger partial charge on any atom is -0.327 e. The maximum Gasteiger partial charge on any atom is 0.406 e. The summed E-state index contributed by atoms with van der Waals surface area (Å²) in [5.74, 6) is 4.59. The topological polar surface area (TPSA) is 58.4 Å². The molecule has 3 N–H and O–H groups in total. The second-order valence-electron chi connectivity index (χ2n) is 4.50. The molecule has 1 aromatic rings. The molecule has 104 valence electrons. The van der Waals surface area contributed by atoms with Crippen molar-refractivity contribution in [1.29, 1.82) is 0 Å². The molecule has 1 aliphatic carbocycles. The van der Waals surface area contributed by atoms with Gasteiger partial charge in [-0.25, -0.2) is 0 Å². The lowest BCUT2D eigenvalue weighted by Crippen LogP contribution is -2.40. The van der Waals surface area contributed by atoms with Gasteiger partial charge in [0.15, 0.2) is 0 Å². The summed E-state index contributed by atoms with van der Waals surface area (Å²) in [7, 11) is 0. The lowest BCUT2D eigenvalue weighted by atomic mass is 10.1. The van der Waals surface area contributed by atoms with Gasteiger partial charge in [-0.3, -0.25) is 10.6 Å². The number of halogens is 3. The molecule has 4 nitrogen and oxygen atoms in total. The number of carbonyl (C=O) groups is 1. The number of hydrazine groups is 1. The maximum atomic E-state index is 12.5. The van der Waals surface area contributed by atoms with E-state index in [4.69, 9.17) is 5.84 Å². The molecular formula is C12H14F3N3O. The Morgan fingerprint density at radius 1 is 1.32 bits per heavy atom. The summed E-state index contributed by atoms with van der Waals surface area (Å²) >= 11 is 0. The molecule has 0 atom stereocenters. The summed E-state index contributed by atoms with van der Waals surface area (Å²) in [6, 6.07) is 5.73. The number of amides is 1. The van der Waals surface area contributed by atoms with E-state index in [-0.39, 0.29) is 11.6 Å². The van der Waals surface area contributed by atoms with Crippen LogP contribution in [-0.2, 0) is 0 Å². The molecule has 0 aromatic heterocycles. The molecule has 0 spiro atoms. The molecule has 1 fully saturated rings. The van der Waals surface area contributed by atoms with E-state index in [9.17, 15) is 18.0 Å². The lowest BCUT2D eigenvalue weighted by molar-refractivity contribution is -0.141. The first-order chi connectivity index (χ1) is 8.90. The van der Waals surface area contributed by atoms with Gasteiger partial charge in [0.05, 0.1) is 0 Å². The molecule has 0 heterocycles. The lowest BCUT2D eigenvalue weighted by Gasteiger charge is -2.23. The molecule has 0 saturated heterocycles. The third kappa shape index (κ3) is 3.60. The van der Waals surface area contributed by atoms with Gasteiger partial charge in [-0.2, -0.15) is 13.2 Å². The Kier molecular flexibility index (Phi) is 3.66. The number of carbonyl (C=O) groups excluding carboxylic acids is 1. The van der Waals surface area contributed by atoms with Crippen LogP contribution in [0, 0.1) is 0 Å². The van der Waals surface area contributed by atoms with Crippen LogP contribution in [0.1, 0.15) is 23.2 Å². The molecule has 0 radical (unpaired) electrons. The quantitative estimate of drug-likeness (QED) is 0.652. The first kappa shape index (κ1) is 13.7. The number of anilines is 1. The van der Waals surface area contributed by atoms with E-state index >= 15 is 0 Å². The van der Waals surface area contributed by atoms with Crippen LogP contribution in [-0.4, -0.2) is 29.6 Å². The maximum absolute atomic E-state index is 12.5. The molecule has 1 aliphatic rings. The second-order valence-corrected chi connectivity index (χ2v) is 4.50. The number of nitrogen functional groups attached to an aromatic ring is 1. The van der Waals surface area contributed by atoms with Crippen molar-refractivity contribution in [1.82, 2.24) is 4.90 Å². The molecule has 7 heteroatoms. The zero-order valence-electron chi connectivity index (χ0n) is 10.1. The first-order valence-corrected chi connectivity index (χ1v) is 5.85. The van der Waals surface area contributed by atoms with Crippen LogP contribution in [0.3, 0.4) is 0 Å². The van der Waals surface area contributed by atoms with Crippen LogP contribution >= 0.6 is 0 Å². The van der Waals surface area contributed by atoms with Gasteiger partial charge in [-0.05, 0) is 37.1 Å². The predicted octanol–water partition coefficient (Wildman–Crippen LogP) is 2.14. The van der Waals surface area contributed by atoms with Crippen LogP contribution in [0.15, 0.2) is 24.3 Å². The molecule has 19 heavy (non-hydrogen) atoms. The summed E-state index contributed by atoms with van der Waals surface area (Å²) in [6.07, 6.45) is -3.12. The van der Waals surface area contributed by atoms with Crippen molar-refractivity contribution in [3.05, 3.63) is 29.8 Å². The highest BCUT2D eigenvalue weighted by Gasteiger charge is 2.40. The summed E-state index contributed by atoms with van der Waals surface area (Å²) in [5.41, 5.74) is 3.21. The number of nitrogens with two attached hydrogens (primary N) is 1. The number of alkyl halides is 3. The Morgan fingerprint density at radius 3 is 2.32 bits per heavy atom. The predicted molar refractivity (Wildman–Crippen MR) is 64.4 cm³/mol. The van der Waals surface area contributed by atoms with Gasteiger partial charge in [0.1, 0.15) is 6.54 Å². The van der Waals surface area contributed by atoms with Crippen molar-refractivity contribution in [3.8, 4) is 0 Å². The van der Waals surface area contributed by atoms with Gasteiger partial charge in [0, 0.05) is 17.3 Å². The van der Waals surface area contributed by atoms with Gasteiger partial charge < -0.3 is 10.3 Å². The van der Waals surface area contributed by atoms with E-state index in [1.807, 2.05) is 0 Å².